The highest BCUT2D eigenvalue weighted by Gasteiger charge is 2.18. The minimum atomic E-state index is -0.644. The van der Waals surface area contributed by atoms with Crippen molar-refractivity contribution in [3.05, 3.63) is 187 Å². The Morgan fingerprint density at radius 3 is 1.48 bits per heavy atom. The van der Waals surface area contributed by atoms with Crippen molar-refractivity contribution < 1.29 is 52.7 Å². The number of aromatic hydroxyl groups is 1. The summed E-state index contributed by atoms with van der Waals surface area (Å²) in [7, 11) is 7.63. The fourth-order valence-corrected chi connectivity index (χ4v) is 7.44. The highest BCUT2D eigenvalue weighted by Crippen LogP contribution is 2.26. The van der Waals surface area contributed by atoms with E-state index in [0.29, 0.717) is 56.4 Å². The molecule has 0 aliphatic heterocycles. The first kappa shape index (κ1) is 61.5. The van der Waals surface area contributed by atoms with Gasteiger partial charge in [-0.15, -0.1) is 0 Å². The zero-order valence-corrected chi connectivity index (χ0v) is 47.3. The topological polar surface area (TPSA) is 186 Å². The van der Waals surface area contributed by atoms with Crippen molar-refractivity contribution in [3.8, 4) is 56.6 Å². The Hall–Kier alpha value is -9.38. The van der Waals surface area contributed by atoms with Crippen molar-refractivity contribution in [2.75, 3.05) is 72.7 Å². The van der Waals surface area contributed by atoms with Gasteiger partial charge < -0.3 is 43.3 Å². The number of hydrogen-bond donors (Lipinski definition) is 1. The van der Waals surface area contributed by atoms with E-state index < -0.39 is 11.9 Å². The van der Waals surface area contributed by atoms with Crippen LogP contribution >= 0.6 is 0 Å². The number of carbonyl (C=O) groups is 4. The van der Waals surface area contributed by atoms with E-state index in [9.17, 15) is 24.3 Å². The van der Waals surface area contributed by atoms with Crippen molar-refractivity contribution in [2.45, 2.75) is 48.0 Å². The Morgan fingerprint density at radius 1 is 0.487 bits per heavy atom. The van der Waals surface area contributed by atoms with Crippen LogP contribution in [-0.4, -0.2) is 121 Å². The second-order valence-corrected chi connectivity index (χ2v) is 17.6. The lowest BCUT2D eigenvalue weighted by molar-refractivity contribution is -0.127. The maximum atomic E-state index is 11.8. The van der Waals surface area contributed by atoms with Gasteiger partial charge in [0.2, 0.25) is 11.6 Å². The van der Waals surface area contributed by atoms with Gasteiger partial charge in [0.25, 0.3) is 0 Å². The Labute approximate surface area is 468 Å². The number of aromatic nitrogens is 4. The largest absolute Gasteiger partial charge is 0.504 e. The van der Waals surface area contributed by atoms with Crippen molar-refractivity contribution in [1.82, 2.24) is 24.5 Å². The number of likely N-dealkylation sites (N-methyl/N-ethyl adjacent to an activating group) is 1. The molecule has 17 nitrogen and oxygen atoms in total. The van der Waals surface area contributed by atoms with Crippen LogP contribution in [0.25, 0.3) is 33.6 Å². The standard InChI is InChI=1S/C18H22N2O.C17H18O3.C14H16N2O4.C14H16N2O3/c1-19(2)17-10-8-15(9-11-17)16-7-5-6-14(12-16)13-18(21)20(3)4;1-3-19-16-10-8-13(9-11-16)14-6-5-7-15(12-14)17(18)20-4-2;1-3-19-11-7-5-10(6-8-11)16-9-12(17)13(15-16)14(18)20-4-2;1-3-18-12-7-5-11(6-8-12)16-10-9-13(15-16)14(17)19-4-2/h5-12H,13H2,1-4H3;5-12H,3-4H2,1-2H3;5-9,17H,3-4H2,1-2H3;5-10H,3-4H2,1-2H3. The third kappa shape index (κ3) is 18.7. The van der Waals surface area contributed by atoms with Gasteiger partial charge in [0.1, 0.15) is 17.2 Å². The average Bonchev–Trinajstić information content (AvgIpc) is 4.15. The third-order valence-corrected chi connectivity index (χ3v) is 11.4. The van der Waals surface area contributed by atoms with E-state index in [1.165, 1.54) is 22.1 Å². The van der Waals surface area contributed by atoms with Crippen LogP contribution in [0.4, 0.5) is 5.69 Å². The maximum Gasteiger partial charge on any atom is 0.362 e. The summed E-state index contributed by atoms with van der Waals surface area (Å²) in [4.78, 5) is 50.3. The van der Waals surface area contributed by atoms with Crippen LogP contribution in [-0.2, 0) is 25.4 Å². The summed E-state index contributed by atoms with van der Waals surface area (Å²) in [6.07, 6.45) is 3.53. The smallest absolute Gasteiger partial charge is 0.362 e. The molecular formula is C63H72N6O11. The van der Waals surface area contributed by atoms with E-state index >= 15 is 0 Å². The number of hydrogen-bond acceptors (Lipinski definition) is 14. The number of benzene rings is 6. The first-order valence-electron chi connectivity index (χ1n) is 26.3. The molecule has 2 heterocycles. The predicted molar refractivity (Wildman–Crippen MR) is 311 cm³/mol. The fourth-order valence-electron chi connectivity index (χ4n) is 7.44. The van der Waals surface area contributed by atoms with E-state index in [4.69, 9.17) is 28.4 Å². The van der Waals surface area contributed by atoms with Gasteiger partial charge in [-0.2, -0.15) is 10.2 Å². The fraction of sp³-hybridized carbons (Fsp3) is 0.270. The molecule has 1 amide bonds. The van der Waals surface area contributed by atoms with Gasteiger partial charge in [-0.05, 0) is 160 Å². The molecule has 8 rings (SSSR count). The Morgan fingerprint density at radius 2 is 0.963 bits per heavy atom. The van der Waals surface area contributed by atoms with Crippen LogP contribution in [0.5, 0.6) is 23.0 Å². The van der Waals surface area contributed by atoms with Crippen LogP contribution < -0.4 is 19.1 Å². The molecule has 0 fully saturated rings. The summed E-state index contributed by atoms with van der Waals surface area (Å²) in [5.74, 6) is 0.967. The third-order valence-electron chi connectivity index (χ3n) is 11.4. The summed E-state index contributed by atoms with van der Waals surface area (Å²) >= 11 is 0. The number of amides is 1. The molecule has 0 saturated heterocycles. The van der Waals surface area contributed by atoms with E-state index in [1.807, 2.05) is 114 Å². The highest BCUT2D eigenvalue weighted by atomic mass is 16.5. The first-order valence-corrected chi connectivity index (χ1v) is 26.3. The van der Waals surface area contributed by atoms with Crippen LogP contribution in [0.3, 0.4) is 0 Å². The molecule has 0 bridgehead atoms. The number of anilines is 1. The van der Waals surface area contributed by atoms with Gasteiger partial charge in [0.05, 0.1) is 69.2 Å². The predicted octanol–water partition coefficient (Wildman–Crippen LogP) is 11.6. The molecule has 0 spiro atoms. The second-order valence-electron chi connectivity index (χ2n) is 17.6. The second kappa shape index (κ2) is 31.7. The molecule has 17 heteroatoms. The molecule has 0 aliphatic carbocycles. The molecule has 0 saturated carbocycles. The van der Waals surface area contributed by atoms with Gasteiger partial charge in [0.15, 0.2) is 11.4 Å². The lowest BCUT2D eigenvalue weighted by Gasteiger charge is -2.13. The Bertz CT molecular complexity index is 3190. The van der Waals surface area contributed by atoms with Crippen LogP contribution in [0.15, 0.2) is 164 Å². The number of carbonyl (C=O) groups excluding carboxylic acids is 4. The normalized spacial score (nSPS) is 10.2. The highest BCUT2D eigenvalue weighted by molar-refractivity contribution is 5.91. The Balaban J connectivity index is 0.000000196. The molecule has 1 N–H and O–H groups in total. The van der Waals surface area contributed by atoms with Crippen molar-refractivity contribution in [1.29, 1.82) is 0 Å². The maximum absolute atomic E-state index is 11.8. The molecule has 0 atom stereocenters. The van der Waals surface area contributed by atoms with Gasteiger partial charge in [-0.25, -0.2) is 23.7 Å². The number of nitrogens with zero attached hydrogens (tertiary/aromatic N) is 6. The van der Waals surface area contributed by atoms with Crippen LogP contribution in [0.1, 0.15) is 78.4 Å². The molecule has 0 unspecified atom stereocenters. The molecule has 0 aliphatic rings. The SMILES string of the molecule is CCOC(=O)c1cccc(-c2ccc(OCC)cc2)c1.CCOC(=O)c1ccn(-c2ccc(OCC)cc2)n1.CCOC(=O)c1nn(-c2ccc(OCC)cc2)cc1O.CN(C)C(=O)Cc1cccc(-c2ccc(N(C)C)cc2)c1. The first-order chi connectivity index (χ1) is 38.6. The zero-order valence-electron chi connectivity index (χ0n) is 47.3. The summed E-state index contributed by atoms with van der Waals surface area (Å²) in [6.45, 7) is 13.9. The summed E-state index contributed by atoms with van der Waals surface area (Å²) < 4.78 is 33.9. The zero-order chi connectivity index (χ0) is 58.0. The molecule has 8 aromatic rings. The van der Waals surface area contributed by atoms with Crippen LogP contribution in [0.2, 0.25) is 0 Å². The molecule has 0 radical (unpaired) electrons. The number of rotatable bonds is 19. The summed E-state index contributed by atoms with van der Waals surface area (Å²) in [5, 5.41) is 17.9. The van der Waals surface area contributed by atoms with Gasteiger partial charge in [-0.1, -0.05) is 60.7 Å². The van der Waals surface area contributed by atoms with E-state index in [0.717, 1.165) is 45.2 Å². The molecular weight excluding hydrogens is 1020 g/mol. The van der Waals surface area contributed by atoms with Crippen LogP contribution in [0, 0.1) is 0 Å². The minimum Gasteiger partial charge on any atom is -0.504 e. The summed E-state index contributed by atoms with van der Waals surface area (Å²) in [6, 6.07) is 48.1. The van der Waals surface area contributed by atoms with Crippen molar-refractivity contribution in [3.63, 3.8) is 0 Å². The number of esters is 3. The monoisotopic (exact) mass is 1090 g/mol. The van der Waals surface area contributed by atoms with E-state index in [-0.39, 0.29) is 29.9 Å². The Kier molecular flexibility index (Phi) is 24.4. The van der Waals surface area contributed by atoms with Gasteiger partial charge in [0, 0.05) is 40.1 Å². The van der Waals surface area contributed by atoms with E-state index in [1.54, 1.807) is 87.0 Å². The van der Waals surface area contributed by atoms with Gasteiger partial charge in [-0.3, -0.25) is 4.79 Å². The van der Waals surface area contributed by atoms with Crippen molar-refractivity contribution in [2.24, 2.45) is 0 Å². The van der Waals surface area contributed by atoms with Gasteiger partial charge >= 0.3 is 17.9 Å². The lowest BCUT2D eigenvalue weighted by Crippen LogP contribution is -2.23. The quantitative estimate of drug-likeness (QED) is 0.0595. The summed E-state index contributed by atoms with van der Waals surface area (Å²) in [5.41, 5.74) is 8.90. The minimum absolute atomic E-state index is 0.0965. The molecule has 80 heavy (non-hydrogen) atoms. The molecule has 420 valence electrons. The average molecular weight is 1090 g/mol. The van der Waals surface area contributed by atoms with Crippen molar-refractivity contribution >= 4 is 29.5 Å². The lowest BCUT2D eigenvalue weighted by atomic mass is 10.0. The molecule has 6 aromatic carbocycles. The molecule has 2 aromatic heterocycles. The van der Waals surface area contributed by atoms with E-state index in [2.05, 4.69) is 51.5 Å². The number of ether oxygens (including phenoxy) is 6.